The maximum Gasteiger partial charge on any atom is 0.458 e. The molecule has 8 heteroatoms. The van der Waals surface area contributed by atoms with E-state index < -0.39 is 29.5 Å². The summed E-state index contributed by atoms with van der Waals surface area (Å²) in [6.45, 7) is -0.228. The fourth-order valence-electron chi connectivity index (χ4n) is 1.35. The van der Waals surface area contributed by atoms with Gasteiger partial charge in [-0.15, -0.1) is 11.6 Å². The van der Waals surface area contributed by atoms with Crippen molar-refractivity contribution in [2.45, 2.75) is 18.2 Å². The van der Waals surface area contributed by atoms with Gasteiger partial charge in [0.25, 0.3) is 0 Å². The number of hydrogen-bond donors (Lipinski definition) is 2. The highest BCUT2D eigenvalue weighted by Crippen LogP contribution is 2.46. The fourth-order valence-corrected chi connectivity index (χ4v) is 1.46. The number of benzene rings is 1. The molecule has 0 bridgehead atoms. The van der Waals surface area contributed by atoms with Gasteiger partial charge in [0.2, 0.25) is 0 Å². The van der Waals surface area contributed by atoms with Gasteiger partial charge in [-0.1, -0.05) is 18.2 Å². The number of para-hydroxylation sites is 1. The van der Waals surface area contributed by atoms with Crippen LogP contribution in [0.4, 0.5) is 27.6 Å². The highest BCUT2D eigenvalue weighted by molar-refractivity contribution is 6.18. The van der Waals surface area contributed by atoms with Gasteiger partial charge in [0.15, 0.2) is 0 Å². The van der Waals surface area contributed by atoms with Gasteiger partial charge < -0.3 is 10.4 Å². The normalized spacial score (nSPS) is 14.3. The van der Waals surface area contributed by atoms with Gasteiger partial charge in [0, 0.05) is 12.2 Å². The second kappa shape index (κ2) is 5.92. The predicted molar refractivity (Wildman–Crippen MR) is 61.6 cm³/mol. The summed E-state index contributed by atoms with van der Waals surface area (Å²) < 4.78 is 63.5. The van der Waals surface area contributed by atoms with Crippen LogP contribution in [0.15, 0.2) is 24.3 Å². The molecule has 1 rings (SSSR count). The van der Waals surface area contributed by atoms with E-state index in [1.807, 2.05) is 0 Å². The van der Waals surface area contributed by atoms with Gasteiger partial charge in [0.1, 0.15) is 0 Å². The summed E-state index contributed by atoms with van der Waals surface area (Å²) >= 11 is 5.30. The van der Waals surface area contributed by atoms with Crippen molar-refractivity contribution in [2.24, 2.45) is 0 Å². The molecule has 0 aromatic heterocycles. The van der Waals surface area contributed by atoms with E-state index in [4.69, 9.17) is 16.7 Å². The van der Waals surface area contributed by atoms with Crippen LogP contribution in [0.2, 0.25) is 0 Å². The van der Waals surface area contributed by atoms with Crippen LogP contribution in [0.1, 0.15) is 5.56 Å². The maximum absolute atomic E-state index is 13.3. The van der Waals surface area contributed by atoms with Crippen molar-refractivity contribution in [3.05, 3.63) is 29.8 Å². The monoisotopic (exact) mass is 303 g/mol. The van der Waals surface area contributed by atoms with E-state index in [0.717, 1.165) is 12.1 Å². The zero-order valence-corrected chi connectivity index (χ0v) is 10.3. The standard InChI is InChI=1S/C11H11ClF5NO/c12-5-7(19)6-18-9-4-2-1-3-8(9)10(13,14)11(15,16)17/h1-4,7,18-19H,5-6H2. The molecule has 0 saturated carbocycles. The second-order valence-electron chi connectivity index (χ2n) is 3.81. The molecule has 0 spiro atoms. The van der Waals surface area contributed by atoms with Gasteiger partial charge in [-0.3, -0.25) is 0 Å². The number of anilines is 1. The summed E-state index contributed by atoms with van der Waals surface area (Å²) in [5, 5.41) is 11.5. The average molecular weight is 304 g/mol. The van der Waals surface area contributed by atoms with Crippen LogP contribution in [-0.2, 0) is 5.92 Å². The Kier molecular flexibility index (Phi) is 4.98. The molecule has 2 nitrogen and oxygen atoms in total. The third-order valence-corrected chi connectivity index (χ3v) is 2.68. The second-order valence-corrected chi connectivity index (χ2v) is 4.12. The van der Waals surface area contributed by atoms with E-state index >= 15 is 0 Å². The molecule has 0 aliphatic rings. The van der Waals surface area contributed by atoms with E-state index in [-0.39, 0.29) is 12.4 Å². The Morgan fingerprint density at radius 1 is 1.16 bits per heavy atom. The van der Waals surface area contributed by atoms with E-state index in [9.17, 15) is 22.0 Å². The highest BCUT2D eigenvalue weighted by atomic mass is 35.5. The zero-order valence-electron chi connectivity index (χ0n) is 9.52. The van der Waals surface area contributed by atoms with Crippen LogP contribution >= 0.6 is 11.6 Å². The lowest BCUT2D eigenvalue weighted by Gasteiger charge is -2.23. The minimum Gasteiger partial charge on any atom is -0.390 e. The first-order valence-corrected chi connectivity index (χ1v) is 5.75. The van der Waals surface area contributed by atoms with E-state index in [1.165, 1.54) is 6.07 Å². The molecular formula is C11H11ClF5NO. The van der Waals surface area contributed by atoms with Gasteiger partial charge in [-0.2, -0.15) is 22.0 Å². The maximum atomic E-state index is 13.3. The number of halogens is 6. The van der Waals surface area contributed by atoms with Crippen molar-refractivity contribution in [2.75, 3.05) is 17.7 Å². The molecule has 2 N–H and O–H groups in total. The quantitative estimate of drug-likeness (QED) is 0.646. The molecule has 0 aliphatic heterocycles. The van der Waals surface area contributed by atoms with Crippen molar-refractivity contribution in [1.82, 2.24) is 0 Å². The number of rotatable bonds is 5. The molecule has 1 aromatic rings. The summed E-state index contributed by atoms with van der Waals surface area (Å²) in [7, 11) is 0. The van der Waals surface area contributed by atoms with Crippen LogP contribution in [0.5, 0.6) is 0 Å². The summed E-state index contributed by atoms with van der Waals surface area (Å²) in [5.74, 6) is -5.13. The van der Waals surface area contributed by atoms with Crippen LogP contribution in [0, 0.1) is 0 Å². The highest BCUT2D eigenvalue weighted by Gasteiger charge is 2.59. The van der Waals surface area contributed by atoms with Crippen LogP contribution < -0.4 is 5.32 Å². The average Bonchev–Trinajstić information content (AvgIpc) is 2.34. The van der Waals surface area contributed by atoms with Gasteiger partial charge in [-0.05, 0) is 6.07 Å². The number of nitrogens with one attached hydrogen (secondary N) is 1. The van der Waals surface area contributed by atoms with Crippen molar-refractivity contribution in [3.63, 3.8) is 0 Å². The molecular weight excluding hydrogens is 293 g/mol. The van der Waals surface area contributed by atoms with E-state index in [2.05, 4.69) is 5.32 Å². The van der Waals surface area contributed by atoms with Crippen molar-refractivity contribution >= 4 is 17.3 Å². The lowest BCUT2D eigenvalue weighted by atomic mass is 10.1. The van der Waals surface area contributed by atoms with Gasteiger partial charge >= 0.3 is 12.1 Å². The van der Waals surface area contributed by atoms with Crippen LogP contribution in [0.3, 0.4) is 0 Å². The molecule has 0 fully saturated rings. The number of hydrogen-bond acceptors (Lipinski definition) is 2. The topological polar surface area (TPSA) is 32.3 Å². The molecule has 1 aromatic carbocycles. The Labute approximate surface area is 111 Å². The minimum absolute atomic E-state index is 0.162. The number of aliphatic hydroxyl groups excluding tert-OH is 1. The minimum atomic E-state index is -5.68. The largest absolute Gasteiger partial charge is 0.458 e. The van der Waals surface area contributed by atoms with Crippen molar-refractivity contribution in [1.29, 1.82) is 0 Å². The fraction of sp³-hybridized carbons (Fsp3) is 0.455. The number of aliphatic hydroxyl groups is 1. The van der Waals surface area contributed by atoms with Gasteiger partial charge in [0.05, 0.1) is 17.5 Å². The zero-order chi connectivity index (χ0) is 14.7. The van der Waals surface area contributed by atoms with E-state index in [1.54, 1.807) is 0 Å². The van der Waals surface area contributed by atoms with Crippen molar-refractivity contribution < 1.29 is 27.1 Å². The van der Waals surface area contributed by atoms with E-state index in [0.29, 0.717) is 6.07 Å². The summed E-state index contributed by atoms with van der Waals surface area (Å²) in [4.78, 5) is 0. The molecule has 1 atom stereocenters. The Morgan fingerprint density at radius 2 is 1.74 bits per heavy atom. The molecule has 0 heterocycles. The summed E-state index contributed by atoms with van der Waals surface area (Å²) in [6.07, 6.45) is -6.73. The first-order chi connectivity index (χ1) is 8.70. The van der Waals surface area contributed by atoms with Gasteiger partial charge in [-0.25, -0.2) is 0 Å². The van der Waals surface area contributed by atoms with Crippen molar-refractivity contribution in [3.8, 4) is 0 Å². The molecule has 108 valence electrons. The smallest absolute Gasteiger partial charge is 0.390 e. The third-order valence-electron chi connectivity index (χ3n) is 2.33. The lowest BCUT2D eigenvalue weighted by Crippen LogP contribution is -2.34. The summed E-state index contributed by atoms with van der Waals surface area (Å²) in [6, 6.07) is 4.16. The Bertz CT molecular complexity index is 424. The van der Waals surface area contributed by atoms with Crippen LogP contribution in [-0.4, -0.2) is 29.8 Å². The van der Waals surface area contributed by atoms with Crippen LogP contribution in [0.25, 0.3) is 0 Å². The first-order valence-electron chi connectivity index (χ1n) is 5.22. The number of alkyl halides is 6. The first kappa shape index (κ1) is 16.0. The summed E-state index contributed by atoms with van der Waals surface area (Å²) in [5.41, 5.74) is -1.58. The molecule has 0 saturated heterocycles. The lowest BCUT2D eigenvalue weighted by molar-refractivity contribution is -0.289. The molecule has 19 heavy (non-hydrogen) atoms. The third kappa shape index (κ3) is 3.70. The molecule has 0 amide bonds. The Hall–Kier alpha value is -1.08. The predicted octanol–water partition coefficient (Wildman–Crippen LogP) is 3.35. The molecule has 1 unspecified atom stereocenters. The Balaban J connectivity index is 3.02. The Morgan fingerprint density at radius 3 is 2.26 bits per heavy atom. The molecule has 0 radical (unpaired) electrons. The SMILES string of the molecule is OC(CCl)CNc1ccccc1C(F)(F)C(F)(F)F. The molecule has 0 aliphatic carbocycles.